The number of hydrogen-bond acceptors (Lipinski definition) is 7. The van der Waals surface area contributed by atoms with E-state index >= 15 is 0 Å². The Morgan fingerprint density at radius 1 is 1.05 bits per heavy atom. The van der Waals surface area contributed by atoms with Gasteiger partial charge in [-0.2, -0.15) is 4.98 Å². The van der Waals surface area contributed by atoms with Gasteiger partial charge in [-0.25, -0.2) is 4.98 Å². The molecule has 2 heterocycles. The van der Waals surface area contributed by atoms with Crippen LogP contribution in [0.4, 0.5) is 11.6 Å². The smallest absolute Gasteiger partial charge is 0.273 e. The van der Waals surface area contributed by atoms with Gasteiger partial charge in [-0.1, -0.05) is 48.5 Å². The topological polar surface area (TPSA) is 102 Å². The highest BCUT2D eigenvalue weighted by Crippen LogP contribution is 2.32. The van der Waals surface area contributed by atoms with Crippen molar-refractivity contribution in [2.45, 2.75) is 33.4 Å². The molecule has 0 atom stereocenters. The molecule has 9 nitrogen and oxygen atoms in total. The van der Waals surface area contributed by atoms with Gasteiger partial charge < -0.3 is 14.5 Å². The third-order valence-corrected chi connectivity index (χ3v) is 6.76. The fraction of sp³-hybridized carbons (Fsp3) is 0.233. The SMILES string of the molecule is Cc1cccc(Oc2nc(N(C)Cc3ccccc3)nc3c2CN(C(=O)c2ccc(C)c([N+](=O)[O-])c2)CC3)c1. The van der Waals surface area contributed by atoms with Gasteiger partial charge in [0.05, 0.1) is 22.7 Å². The van der Waals surface area contributed by atoms with E-state index in [0.29, 0.717) is 42.7 Å². The van der Waals surface area contributed by atoms with E-state index in [4.69, 9.17) is 14.7 Å². The molecule has 1 amide bonds. The third kappa shape index (κ3) is 5.72. The average Bonchev–Trinajstić information content (AvgIpc) is 2.93. The van der Waals surface area contributed by atoms with E-state index in [-0.39, 0.29) is 23.7 Å². The molecule has 9 heteroatoms. The van der Waals surface area contributed by atoms with Crippen molar-refractivity contribution in [1.82, 2.24) is 14.9 Å². The molecule has 0 spiro atoms. The zero-order valence-corrected chi connectivity index (χ0v) is 22.1. The van der Waals surface area contributed by atoms with Gasteiger partial charge in [0.1, 0.15) is 5.75 Å². The Bertz CT molecular complexity index is 1540. The molecule has 1 aliphatic rings. The van der Waals surface area contributed by atoms with Crippen molar-refractivity contribution in [2.24, 2.45) is 0 Å². The van der Waals surface area contributed by atoms with E-state index in [0.717, 1.165) is 22.4 Å². The summed E-state index contributed by atoms with van der Waals surface area (Å²) in [4.78, 5) is 37.6. The summed E-state index contributed by atoms with van der Waals surface area (Å²) in [5.74, 6) is 1.29. The number of hydrogen-bond donors (Lipinski definition) is 0. The Kier molecular flexibility index (Phi) is 7.23. The van der Waals surface area contributed by atoms with E-state index in [1.165, 1.54) is 6.07 Å². The molecule has 39 heavy (non-hydrogen) atoms. The summed E-state index contributed by atoms with van der Waals surface area (Å²) in [5, 5.41) is 11.4. The number of fused-ring (bicyclic) bond motifs is 1. The lowest BCUT2D eigenvalue weighted by atomic mass is 10.0. The Labute approximate surface area is 226 Å². The van der Waals surface area contributed by atoms with Crippen molar-refractivity contribution in [3.05, 3.63) is 116 Å². The van der Waals surface area contributed by atoms with E-state index in [2.05, 4.69) is 12.1 Å². The number of nitrogens with zero attached hydrogens (tertiary/aromatic N) is 5. The zero-order chi connectivity index (χ0) is 27.5. The number of anilines is 1. The number of carbonyl (C=O) groups is 1. The summed E-state index contributed by atoms with van der Waals surface area (Å²) in [6.45, 7) is 4.93. The summed E-state index contributed by atoms with van der Waals surface area (Å²) in [6, 6.07) is 22.4. The molecular weight excluding hydrogens is 494 g/mol. The number of amides is 1. The lowest BCUT2D eigenvalue weighted by Gasteiger charge is -2.30. The quantitative estimate of drug-likeness (QED) is 0.229. The van der Waals surface area contributed by atoms with Crippen molar-refractivity contribution in [2.75, 3.05) is 18.5 Å². The number of nitro benzene ring substituents is 1. The van der Waals surface area contributed by atoms with Gasteiger partial charge in [-0.3, -0.25) is 14.9 Å². The first-order valence-electron chi connectivity index (χ1n) is 12.7. The molecule has 0 radical (unpaired) electrons. The molecule has 0 saturated heterocycles. The molecule has 4 aromatic rings. The molecule has 1 aliphatic heterocycles. The van der Waals surface area contributed by atoms with Crippen molar-refractivity contribution >= 4 is 17.5 Å². The monoisotopic (exact) mass is 523 g/mol. The van der Waals surface area contributed by atoms with Crippen LogP contribution in [-0.2, 0) is 19.5 Å². The molecule has 1 aromatic heterocycles. The van der Waals surface area contributed by atoms with E-state index in [1.807, 2.05) is 61.3 Å². The lowest BCUT2D eigenvalue weighted by Crippen LogP contribution is -2.37. The van der Waals surface area contributed by atoms with Gasteiger partial charge in [0, 0.05) is 43.8 Å². The molecule has 0 fully saturated rings. The van der Waals surface area contributed by atoms with Crippen LogP contribution in [-0.4, -0.2) is 39.3 Å². The molecule has 0 N–H and O–H groups in total. The molecule has 5 rings (SSSR count). The minimum Gasteiger partial charge on any atom is -0.438 e. The van der Waals surface area contributed by atoms with E-state index < -0.39 is 4.92 Å². The minimum atomic E-state index is -0.466. The van der Waals surface area contributed by atoms with Crippen molar-refractivity contribution < 1.29 is 14.5 Å². The lowest BCUT2D eigenvalue weighted by molar-refractivity contribution is -0.385. The van der Waals surface area contributed by atoms with E-state index in [9.17, 15) is 14.9 Å². The zero-order valence-electron chi connectivity index (χ0n) is 22.1. The average molecular weight is 524 g/mol. The predicted molar refractivity (Wildman–Crippen MR) is 148 cm³/mol. The van der Waals surface area contributed by atoms with Crippen LogP contribution < -0.4 is 9.64 Å². The minimum absolute atomic E-state index is 0.0730. The number of ether oxygens (including phenoxy) is 1. The van der Waals surface area contributed by atoms with Gasteiger partial charge in [0.25, 0.3) is 11.6 Å². The first kappa shape index (κ1) is 25.8. The second-order valence-corrected chi connectivity index (χ2v) is 9.75. The van der Waals surface area contributed by atoms with Gasteiger partial charge >= 0.3 is 0 Å². The fourth-order valence-corrected chi connectivity index (χ4v) is 4.64. The molecule has 0 unspecified atom stereocenters. The Morgan fingerprint density at radius 2 is 1.85 bits per heavy atom. The largest absolute Gasteiger partial charge is 0.438 e. The van der Waals surface area contributed by atoms with Crippen LogP contribution in [0, 0.1) is 24.0 Å². The molecule has 0 aliphatic carbocycles. The second-order valence-electron chi connectivity index (χ2n) is 9.75. The maximum atomic E-state index is 13.4. The Hall–Kier alpha value is -4.79. The molecule has 0 bridgehead atoms. The summed E-state index contributed by atoms with van der Waals surface area (Å²) in [6.07, 6.45) is 0.508. The van der Waals surface area contributed by atoms with E-state index in [1.54, 1.807) is 24.0 Å². The van der Waals surface area contributed by atoms with Gasteiger partial charge in [-0.15, -0.1) is 0 Å². The number of rotatable bonds is 7. The van der Waals surface area contributed by atoms with Gasteiger partial charge in [0.2, 0.25) is 11.8 Å². The molecule has 3 aromatic carbocycles. The van der Waals surface area contributed by atoms with Crippen molar-refractivity contribution in [3.63, 3.8) is 0 Å². The van der Waals surface area contributed by atoms with Gasteiger partial charge in [-0.05, 0) is 43.2 Å². The molecule has 0 saturated carbocycles. The van der Waals surface area contributed by atoms with Crippen LogP contribution >= 0.6 is 0 Å². The third-order valence-electron chi connectivity index (χ3n) is 6.76. The maximum absolute atomic E-state index is 13.4. The highest BCUT2D eigenvalue weighted by molar-refractivity contribution is 5.95. The van der Waals surface area contributed by atoms with Crippen LogP contribution in [0.2, 0.25) is 0 Å². The number of nitro groups is 1. The summed E-state index contributed by atoms with van der Waals surface area (Å²) >= 11 is 0. The number of carbonyl (C=O) groups excluding carboxylic acids is 1. The first-order chi connectivity index (χ1) is 18.8. The van der Waals surface area contributed by atoms with Crippen LogP contribution in [0.3, 0.4) is 0 Å². The normalized spacial score (nSPS) is 12.5. The van der Waals surface area contributed by atoms with Crippen LogP contribution in [0.5, 0.6) is 11.6 Å². The number of benzene rings is 3. The highest BCUT2D eigenvalue weighted by atomic mass is 16.6. The predicted octanol–water partition coefficient (Wildman–Crippen LogP) is 5.63. The number of aromatic nitrogens is 2. The van der Waals surface area contributed by atoms with Crippen molar-refractivity contribution in [1.29, 1.82) is 0 Å². The fourth-order valence-electron chi connectivity index (χ4n) is 4.64. The number of aryl methyl sites for hydroxylation is 2. The molecule has 198 valence electrons. The second kappa shape index (κ2) is 10.9. The van der Waals surface area contributed by atoms with Crippen LogP contribution in [0.25, 0.3) is 0 Å². The highest BCUT2D eigenvalue weighted by Gasteiger charge is 2.29. The van der Waals surface area contributed by atoms with Crippen molar-refractivity contribution in [3.8, 4) is 11.6 Å². The Balaban J connectivity index is 1.48. The van der Waals surface area contributed by atoms with Crippen LogP contribution in [0.1, 0.15) is 38.3 Å². The first-order valence-corrected chi connectivity index (χ1v) is 12.7. The van der Waals surface area contributed by atoms with Crippen LogP contribution in [0.15, 0.2) is 72.8 Å². The standard InChI is InChI=1S/C30H29N5O4/c1-20-8-7-11-24(16-20)39-28-25-19-34(29(36)23-13-12-21(2)27(17-23)35(37)38)15-14-26(25)31-30(32-28)33(3)18-22-9-5-4-6-10-22/h4-13,16-17H,14-15,18-19H2,1-3H3. The summed E-state index contributed by atoms with van der Waals surface area (Å²) < 4.78 is 6.29. The maximum Gasteiger partial charge on any atom is 0.273 e. The summed E-state index contributed by atoms with van der Waals surface area (Å²) in [5.41, 5.74) is 4.44. The summed E-state index contributed by atoms with van der Waals surface area (Å²) in [7, 11) is 1.94. The van der Waals surface area contributed by atoms with Gasteiger partial charge in [0.15, 0.2) is 0 Å². The Morgan fingerprint density at radius 3 is 2.59 bits per heavy atom. The molecular formula is C30H29N5O4.